The maximum absolute atomic E-state index is 12.0. The van der Waals surface area contributed by atoms with E-state index < -0.39 is 5.91 Å². The molecule has 1 atom stereocenters. The average Bonchev–Trinajstić information content (AvgIpc) is 2.99. The van der Waals surface area contributed by atoms with Crippen LogP contribution in [-0.2, 0) is 23.2 Å². The van der Waals surface area contributed by atoms with E-state index in [0.717, 1.165) is 19.6 Å². The standard InChI is InChI=1S/C18H27N5O2/c1-21-10-14(16(20-21)13-5-3-2-4-6-13)11-22-7-8-23-15(12-22)9-19-17(24)18(23)25/h10,13,15H,2-9,11-12H2,1H3,(H,19,24)/t15-/m0/s1. The summed E-state index contributed by atoms with van der Waals surface area (Å²) >= 11 is 0. The van der Waals surface area contributed by atoms with E-state index in [-0.39, 0.29) is 11.9 Å². The normalized spacial score (nSPS) is 25.8. The second-order valence-corrected chi connectivity index (χ2v) is 7.65. The first-order valence-electron chi connectivity index (χ1n) is 9.45. The molecule has 7 heteroatoms. The van der Waals surface area contributed by atoms with Crippen molar-refractivity contribution in [2.24, 2.45) is 7.05 Å². The van der Waals surface area contributed by atoms with E-state index in [1.54, 1.807) is 4.90 Å². The van der Waals surface area contributed by atoms with Crippen LogP contribution in [0.3, 0.4) is 0 Å². The van der Waals surface area contributed by atoms with Gasteiger partial charge in [0.1, 0.15) is 0 Å². The lowest BCUT2D eigenvalue weighted by Gasteiger charge is -2.43. The van der Waals surface area contributed by atoms with Gasteiger partial charge in [-0.1, -0.05) is 19.3 Å². The molecule has 0 aromatic carbocycles. The zero-order valence-corrected chi connectivity index (χ0v) is 14.9. The summed E-state index contributed by atoms with van der Waals surface area (Å²) in [5.41, 5.74) is 2.60. The predicted octanol–water partition coefficient (Wildman–Crippen LogP) is 0.610. The van der Waals surface area contributed by atoms with Crippen molar-refractivity contribution in [3.8, 4) is 0 Å². The highest BCUT2D eigenvalue weighted by Gasteiger charge is 2.37. The maximum Gasteiger partial charge on any atom is 0.312 e. The van der Waals surface area contributed by atoms with E-state index in [9.17, 15) is 9.59 Å². The highest BCUT2D eigenvalue weighted by molar-refractivity contribution is 6.35. The fourth-order valence-corrected chi connectivity index (χ4v) is 4.56. The first-order valence-corrected chi connectivity index (χ1v) is 9.45. The molecule has 1 N–H and O–H groups in total. The predicted molar refractivity (Wildman–Crippen MR) is 92.8 cm³/mol. The van der Waals surface area contributed by atoms with Crippen LogP contribution < -0.4 is 5.32 Å². The smallest absolute Gasteiger partial charge is 0.312 e. The molecule has 7 nitrogen and oxygen atoms in total. The number of carbonyl (C=O) groups excluding carboxylic acids is 2. The van der Waals surface area contributed by atoms with E-state index in [2.05, 4.69) is 16.4 Å². The number of amides is 2. The second-order valence-electron chi connectivity index (χ2n) is 7.65. The Balaban J connectivity index is 1.45. The Bertz CT molecular complexity index is 664. The van der Waals surface area contributed by atoms with Crippen molar-refractivity contribution in [1.82, 2.24) is 24.9 Å². The molecule has 2 saturated heterocycles. The first kappa shape index (κ1) is 16.6. The molecule has 25 heavy (non-hydrogen) atoms. The third kappa shape index (κ3) is 3.29. The average molecular weight is 345 g/mol. The molecule has 3 aliphatic rings. The highest BCUT2D eigenvalue weighted by Crippen LogP contribution is 2.34. The van der Waals surface area contributed by atoms with Gasteiger partial charge >= 0.3 is 11.8 Å². The second kappa shape index (κ2) is 6.78. The van der Waals surface area contributed by atoms with E-state index in [1.807, 2.05) is 11.7 Å². The molecule has 1 aromatic rings. The summed E-state index contributed by atoms with van der Waals surface area (Å²) in [7, 11) is 2.00. The minimum Gasteiger partial charge on any atom is -0.346 e. The quantitative estimate of drug-likeness (QED) is 0.815. The van der Waals surface area contributed by atoms with Crippen molar-refractivity contribution in [3.63, 3.8) is 0 Å². The first-order chi connectivity index (χ1) is 12.1. The fourth-order valence-electron chi connectivity index (χ4n) is 4.56. The summed E-state index contributed by atoms with van der Waals surface area (Å²) < 4.78 is 1.94. The number of carbonyl (C=O) groups is 2. The largest absolute Gasteiger partial charge is 0.346 e. The topological polar surface area (TPSA) is 70.5 Å². The molecule has 3 heterocycles. The van der Waals surface area contributed by atoms with Gasteiger partial charge in [-0.15, -0.1) is 0 Å². The minimum absolute atomic E-state index is 0.0914. The molecule has 2 aliphatic heterocycles. The van der Waals surface area contributed by atoms with Gasteiger partial charge in [-0.3, -0.25) is 19.2 Å². The van der Waals surface area contributed by atoms with Gasteiger partial charge in [0.2, 0.25) is 0 Å². The zero-order valence-electron chi connectivity index (χ0n) is 14.9. The lowest BCUT2D eigenvalue weighted by molar-refractivity contribution is -0.152. The Morgan fingerprint density at radius 3 is 2.80 bits per heavy atom. The molecule has 0 spiro atoms. The van der Waals surface area contributed by atoms with Gasteiger partial charge in [0.05, 0.1) is 11.7 Å². The van der Waals surface area contributed by atoms with Crippen LogP contribution in [0.4, 0.5) is 0 Å². The highest BCUT2D eigenvalue weighted by atomic mass is 16.2. The summed E-state index contributed by atoms with van der Waals surface area (Å²) in [6.45, 7) is 3.70. The summed E-state index contributed by atoms with van der Waals surface area (Å²) in [4.78, 5) is 27.6. The van der Waals surface area contributed by atoms with Crippen molar-refractivity contribution < 1.29 is 9.59 Å². The van der Waals surface area contributed by atoms with Crippen LogP contribution >= 0.6 is 0 Å². The number of fused-ring (bicyclic) bond motifs is 1. The van der Waals surface area contributed by atoms with Gasteiger partial charge in [-0.05, 0) is 12.8 Å². The van der Waals surface area contributed by atoms with Crippen LogP contribution in [0.25, 0.3) is 0 Å². The molecule has 1 aromatic heterocycles. The molecular formula is C18H27N5O2. The Morgan fingerprint density at radius 2 is 2.00 bits per heavy atom. The van der Waals surface area contributed by atoms with Crippen molar-refractivity contribution in [2.45, 2.75) is 50.6 Å². The Kier molecular flexibility index (Phi) is 4.50. The summed E-state index contributed by atoms with van der Waals surface area (Å²) in [5.74, 6) is -0.237. The molecule has 4 rings (SSSR count). The third-order valence-electron chi connectivity index (χ3n) is 5.84. The Morgan fingerprint density at radius 1 is 1.20 bits per heavy atom. The van der Waals surface area contributed by atoms with E-state index in [4.69, 9.17) is 5.10 Å². The number of nitrogens with one attached hydrogen (secondary N) is 1. The monoisotopic (exact) mass is 345 g/mol. The molecule has 0 radical (unpaired) electrons. The molecule has 1 saturated carbocycles. The van der Waals surface area contributed by atoms with E-state index in [0.29, 0.717) is 19.0 Å². The van der Waals surface area contributed by atoms with Gasteiger partial charge in [0.15, 0.2) is 0 Å². The summed E-state index contributed by atoms with van der Waals surface area (Å²) in [6.07, 6.45) is 8.63. The van der Waals surface area contributed by atoms with Crippen LogP contribution in [0.2, 0.25) is 0 Å². The van der Waals surface area contributed by atoms with Gasteiger partial charge in [-0.2, -0.15) is 5.10 Å². The SMILES string of the molecule is Cn1cc(CN2CCN3C(=O)C(=O)NC[C@H]3C2)c(C2CCCCC2)n1. The van der Waals surface area contributed by atoms with Crippen LogP contribution in [0.5, 0.6) is 0 Å². The van der Waals surface area contributed by atoms with Crippen LogP contribution in [0.1, 0.15) is 49.3 Å². The Hall–Kier alpha value is -1.89. The number of rotatable bonds is 3. The van der Waals surface area contributed by atoms with Gasteiger partial charge in [-0.25, -0.2) is 0 Å². The van der Waals surface area contributed by atoms with Gasteiger partial charge in [0, 0.05) is 57.4 Å². The summed E-state index contributed by atoms with van der Waals surface area (Å²) in [5, 5.41) is 7.48. The lowest BCUT2D eigenvalue weighted by atomic mass is 9.85. The molecule has 136 valence electrons. The van der Waals surface area contributed by atoms with Gasteiger partial charge in [0.25, 0.3) is 0 Å². The molecule has 1 aliphatic carbocycles. The fraction of sp³-hybridized carbons (Fsp3) is 0.722. The zero-order chi connectivity index (χ0) is 17.4. The van der Waals surface area contributed by atoms with Crippen LogP contribution in [0.15, 0.2) is 6.20 Å². The molecule has 3 fully saturated rings. The number of piperazine rings is 2. The van der Waals surface area contributed by atoms with Gasteiger partial charge < -0.3 is 10.2 Å². The Labute approximate surface area is 148 Å². The summed E-state index contributed by atoms with van der Waals surface area (Å²) in [6, 6.07) is 0.0914. The van der Waals surface area contributed by atoms with Crippen molar-refractivity contribution in [3.05, 3.63) is 17.5 Å². The van der Waals surface area contributed by atoms with Crippen molar-refractivity contribution in [2.75, 3.05) is 26.2 Å². The van der Waals surface area contributed by atoms with E-state index >= 15 is 0 Å². The maximum atomic E-state index is 12.0. The number of nitrogens with zero attached hydrogens (tertiary/aromatic N) is 4. The molecular weight excluding hydrogens is 318 g/mol. The van der Waals surface area contributed by atoms with E-state index in [1.165, 1.54) is 43.4 Å². The lowest BCUT2D eigenvalue weighted by Crippen LogP contribution is -2.65. The van der Waals surface area contributed by atoms with Crippen LogP contribution in [0, 0.1) is 0 Å². The number of aryl methyl sites for hydroxylation is 1. The van der Waals surface area contributed by atoms with Crippen molar-refractivity contribution in [1.29, 1.82) is 0 Å². The third-order valence-corrected chi connectivity index (χ3v) is 5.84. The van der Waals surface area contributed by atoms with Crippen LogP contribution in [-0.4, -0.2) is 63.6 Å². The van der Waals surface area contributed by atoms with Crippen molar-refractivity contribution >= 4 is 11.8 Å². The minimum atomic E-state index is -0.462. The number of hydrogen-bond acceptors (Lipinski definition) is 4. The molecule has 0 unspecified atom stereocenters. The molecule has 0 bridgehead atoms. The molecule has 2 amide bonds. The number of aromatic nitrogens is 2. The number of hydrogen-bond donors (Lipinski definition) is 1.